The first-order valence-electron chi connectivity index (χ1n) is 12.8. The number of alkyl carbamates (subject to hydrolysis) is 1. The van der Waals surface area contributed by atoms with Gasteiger partial charge < -0.3 is 15.0 Å². The van der Waals surface area contributed by atoms with Gasteiger partial charge in [-0.3, -0.25) is 4.79 Å². The number of carbonyl (C=O) groups excluding carboxylic acids is 2. The molecular weight excluding hydrogens is 514 g/mol. The second-order valence-electron chi connectivity index (χ2n) is 10.7. The van der Waals surface area contributed by atoms with E-state index in [0.29, 0.717) is 30.7 Å². The van der Waals surface area contributed by atoms with Gasteiger partial charge in [-0.15, -0.1) is 0 Å². The SMILES string of the molecule is CC(C)(C)OC(=O)NCC1CN(C(=O)c2ccc(S(=O)(=O)n3cc(-c4ccccc4)c4ccccc43)cc2)C1. The number of amides is 2. The number of likely N-dealkylation sites (tertiary alicyclic amines) is 1. The molecule has 5 rings (SSSR count). The number of benzene rings is 3. The Morgan fingerprint density at radius 3 is 2.23 bits per heavy atom. The van der Waals surface area contributed by atoms with Gasteiger partial charge in [0.15, 0.2) is 0 Å². The molecule has 2 amide bonds. The zero-order chi connectivity index (χ0) is 27.8. The van der Waals surface area contributed by atoms with E-state index in [0.717, 1.165) is 16.5 Å². The maximum absolute atomic E-state index is 13.7. The molecule has 0 aliphatic carbocycles. The van der Waals surface area contributed by atoms with Gasteiger partial charge in [0.1, 0.15) is 5.60 Å². The van der Waals surface area contributed by atoms with Crippen LogP contribution in [0.2, 0.25) is 0 Å². The van der Waals surface area contributed by atoms with E-state index in [9.17, 15) is 18.0 Å². The van der Waals surface area contributed by atoms with Gasteiger partial charge >= 0.3 is 6.09 Å². The zero-order valence-electron chi connectivity index (χ0n) is 22.1. The molecule has 1 N–H and O–H groups in total. The van der Waals surface area contributed by atoms with Crippen molar-refractivity contribution in [3.63, 3.8) is 0 Å². The van der Waals surface area contributed by atoms with Gasteiger partial charge in [0.25, 0.3) is 15.9 Å². The Morgan fingerprint density at radius 2 is 1.56 bits per heavy atom. The summed E-state index contributed by atoms with van der Waals surface area (Å²) < 4.78 is 33.9. The van der Waals surface area contributed by atoms with Crippen LogP contribution in [0.3, 0.4) is 0 Å². The second kappa shape index (κ2) is 10.2. The average molecular weight is 546 g/mol. The molecule has 3 aromatic carbocycles. The van der Waals surface area contributed by atoms with E-state index in [1.807, 2.05) is 48.5 Å². The summed E-state index contributed by atoms with van der Waals surface area (Å²) in [5.74, 6) is -0.0350. The molecule has 0 atom stereocenters. The second-order valence-corrected chi connectivity index (χ2v) is 12.5. The minimum Gasteiger partial charge on any atom is -0.444 e. The van der Waals surface area contributed by atoms with Gasteiger partial charge in [-0.25, -0.2) is 17.2 Å². The maximum Gasteiger partial charge on any atom is 0.407 e. The van der Waals surface area contributed by atoms with Crippen LogP contribution in [0.15, 0.2) is 90.0 Å². The highest BCUT2D eigenvalue weighted by Crippen LogP contribution is 2.33. The molecule has 0 saturated carbocycles. The number of hydrogen-bond donors (Lipinski definition) is 1. The summed E-state index contributed by atoms with van der Waals surface area (Å²) in [5.41, 5.74) is 2.19. The molecular formula is C30H31N3O5S. The number of nitrogens with one attached hydrogen (secondary N) is 1. The van der Waals surface area contributed by atoms with Crippen molar-refractivity contribution in [3.05, 3.63) is 90.6 Å². The van der Waals surface area contributed by atoms with Crippen LogP contribution in [0.5, 0.6) is 0 Å². The molecule has 1 aromatic heterocycles. The number of fused-ring (bicyclic) bond motifs is 1. The van der Waals surface area contributed by atoms with Gasteiger partial charge in [0.2, 0.25) is 0 Å². The van der Waals surface area contributed by atoms with E-state index >= 15 is 0 Å². The van der Waals surface area contributed by atoms with Gasteiger partial charge in [-0.1, -0.05) is 48.5 Å². The number of rotatable bonds is 6. The average Bonchev–Trinajstić information content (AvgIpc) is 3.28. The molecule has 1 aliphatic rings. The number of ether oxygens (including phenoxy) is 1. The van der Waals surface area contributed by atoms with Crippen LogP contribution in [0.25, 0.3) is 22.0 Å². The summed E-state index contributed by atoms with van der Waals surface area (Å²) in [6.45, 7) is 6.84. The van der Waals surface area contributed by atoms with Crippen LogP contribution >= 0.6 is 0 Å². The first kappa shape index (κ1) is 26.5. The minimum atomic E-state index is -3.90. The minimum absolute atomic E-state index is 0.0995. The Bertz CT molecular complexity index is 1610. The highest BCUT2D eigenvalue weighted by Gasteiger charge is 2.32. The maximum atomic E-state index is 13.7. The molecule has 0 unspecified atom stereocenters. The van der Waals surface area contributed by atoms with E-state index in [2.05, 4.69) is 5.32 Å². The quantitative estimate of drug-likeness (QED) is 0.362. The van der Waals surface area contributed by atoms with Crippen LogP contribution in [-0.4, -0.2) is 54.5 Å². The summed E-state index contributed by atoms with van der Waals surface area (Å²) in [6, 6.07) is 23.1. The van der Waals surface area contributed by atoms with Crippen LogP contribution in [-0.2, 0) is 14.8 Å². The van der Waals surface area contributed by atoms with Gasteiger partial charge in [0.05, 0.1) is 10.4 Å². The molecule has 39 heavy (non-hydrogen) atoms. The monoisotopic (exact) mass is 545 g/mol. The lowest BCUT2D eigenvalue weighted by Crippen LogP contribution is -2.54. The van der Waals surface area contributed by atoms with E-state index in [1.165, 1.54) is 16.1 Å². The third kappa shape index (κ3) is 5.54. The molecule has 1 aliphatic heterocycles. The van der Waals surface area contributed by atoms with E-state index in [-0.39, 0.29) is 16.7 Å². The lowest BCUT2D eigenvalue weighted by Gasteiger charge is -2.39. The number of nitrogens with zero attached hydrogens (tertiary/aromatic N) is 2. The summed E-state index contributed by atoms with van der Waals surface area (Å²) in [6.07, 6.45) is 1.18. The number of para-hydroxylation sites is 1. The van der Waals surface area contributed by atoms with E-state index in [1.54, 1.807) is 50.1 Å². The lowest BCUT2D eigenvalue weighted by atomic mass is 9.99. The largest absolute Gasteiger partial charge is 0.444 e. The van der Waals surface area contributed by atoms with Crippen molar-refractivity contribution in [3.8, 4) is 11.1 Å². The predicted molar refractivity (Wildman–Crippen MR) is 150 cm³/mol. The van der Waals surface area contributed by atoms with Gasteiger partial charge in [-0.2, -0.15) is 0 Å². The van der Waals surface area contributed by atoms with Crippen LogP contribution in [0.4, 0.5) is 4.79 Å². The van der Waals surface area contributed by atoms with Gasteiger partial charge in [0, 0.05) is 48.3 Å². The molecule has 0 radical (unpaired) electrons. The third-order valence-electron chi connectivity index (χ3n) is 6.60. The fourth-order valence-corrected chi connectivity index (χ4v) is 6.04. The molecule has 1 saturated heterocycles. The van der Waals surface area contributed by atoms with Crippen molar-refractivity contribution in [2.75, 3.05) is 19.6 Å². The smallest absolute Gasteiger partial charge is 0.407 e. The van der Waals surface area contributed by atoms with Crippen molar-refractivity contribution in [1.82, 2.24) is 14.2 Å². The Balaban J connectivity index is 1.28. The van der Waals surface area contributed by atoms with Crippen LogP contribution in [0, 0.1) is 5.92 Å². The van der Waals surface area contributed by atoms with Crippen molar-refractivity contribution in [1.29, 1.82) is 0 Å². The van der Waals surface area contributed by atoms with Crippen molar-refractivity contribution >= 4 is 32.9 Å². The molecule has 2 heterocycles. The molecule has 202 valence electrons. The molecule has 9 heteroatoms. The first-order chi connectivity index (χ1) is 18.5. The Kier molecular flexibility index (Phi) is 6.94. The van der Waals surface area contributed by atoms with Crippen molar-refractivity contribution in [2.45, 2.75) is 31.3 Å². The fraction of sp³-hybridized carbons (Fsp3) is 0.267. The fourth-order valence-electron chi connectivity index (χ4n) is 4.67. The number of aromatic nitrogens is 1. The normalized spacial score (nSPS) is 14.2. The molecule has 0 spiro atoms. The highest BCUT2D eigenvalue weighted by molar-refractivity contribution is 7.90. The van der Waals surface area contributed by atoms with E-state index in [4.69, 9.17) is 4.74 Å². The lowest BCUT2D eigenvalue weighted by molar-refractivity contribution is 0.0420. The third-order valence-corrected chi connectivity index (χ3v) is 8.29. The number of carbonyl (C=O) groups is 2. The first-order valence-corrected chi connectivity index (χ1v) is 14.2. The highest BCUT2D eigenvalue weighted by atomic mass is 32.2. The predicted octanol–water partition coefficient (Wildman–Crippen LogP) is 5.14. The molecule has 8 nitrogen and oxygen atoms in total. The molecule has 4 aromatic rings. The Labute approximate surface area is 228 Å². The summed E-state index contributed by atoms with van der Waals surface area (Å²) in [5, 5.41) is 3.58. The van der Waals surface area contributed by atoms with Gasteiger partial charge in [-0.05, 0) is 56.7 Å². The zero-order valence-corrected chi connectivity index (χ0v) is 22.9. The Morgan fingerprint density at radius 1 is 0.923 bits per heavy atom. The molecule has 1 fully saturated rings. The standard InChI is InChI=1S/C30H31N3O5S/c1-30(2,3)38-29(35)31-17-21-18-32(19-21)28(34)23-13-15-24(16-14-23)39(36,37)33-20-26(22-9-5-4-6-10-22)25-11-7-8-12-27(25)33/h4-16,20-21H,17-19H2,1-3H3,(H,31,35). The van der Waals surface area contributed by atoms with Crippen molar-refractivity contribution < 1.29 is 22.7 Å². The summed E-state index contributed by atoms with van der Waals surface area (Å²) >= 11 is 0. The van der Waals surface area contributed by atoms with E-state index < -0.39 is 21.7 Å². The van der Waals surface area contributed by atoms with Crippen LogP contribution < -0.4 is 5.32 Å². The van der Waals surface area contributed by atoms with Crippen molar-refractivity contribution in [2.24, 2.45) is 5.92 Å². The van der Waals surface area contributed by atoms with Crippen LogP contribution in [0.1, 0.15) is 31.1 Å². The summed E-state index contributed by atoms with van der Waals surface area (Å²) in [7, 11) is -3.90. The number of hydrogen-bond acceptors (Lipinski definition) is 5. The summed E-state index contributed by atoms with van der Waals surface area (Å²) in [4.78, 5) is 26.5. The molecule has 0 bridgehead atoms. The Hall–Kier alpha value is -4.11. The topological polar surface area (TPSA) is 97.7 Å².